The molecule has 0 spiro atoms. The van der Waals surface area contributed by atoms with Gasteiger partial charge in [0.15, 0.2) is 5.82 Å². The number of anilines is 2. The number of primary sulfonamides is 1. The summed E-state index contributed by atoms with van der Waals surface area (Å²) in [6.45, 7) is 0.594. The van der Waals surface area contributed by atoms with Crippen LogP contribution in [0.3, 0.4) is 0 Å². The SMILES string of the molecule is NS(=O)(=O)c1cccc(-c2n[nH]c3ccc(NC(=O)Nc4ccn(Cc5ccccc5)n4)cc23)c1. The minimum atomic E-state index is -3.85. The summed E-state index contributed by atoms with van der Waals surface area (Å²) in [4.78, 5) is 12.6. The molecule has 35 heavy (non-hydrogen) atoms. The number of carbonyl (C=O) groups is 1. The Morgan fingerprint density at radius 3 is 2.60 bits per heavy atom. The summed E-state index contributed by atoms with van der Waals surface area (Å²) in [7, 11) is -3.85. The first-order valence-electron chi connectivity index (χ1n) is 10.6. The van der Waals surface area contributed by atoms with Crippen LogP contribution in [0, 0.1) is 0 Å². The normalized spacial score (nSPS) is 11.5. The van der Waals surface area contributed by atoms with Crippen LogP contribution >= 0.6 is 0 Å². The summed E-state index contributed by atoms with van der Waals surface area (Å²) in [5, 5.41) is 23.1. The van der Waals surface area contributed by atoms with Crippen molar-refractivity contribution in [3.8, 4) is 11.3 Å². The molecular formula is C24H21N7O3S. The largest absolute Gasteiger partial charge is 0.324 e. The van der Waals surface area contributed by atoms with Gasteiger partial charge in [0.25, 0.3) is 0 Å². The highest BCUT2D eigenvalue weighted by molar-refractivity contribution is 7.89. The fraction of sp³-hybridized carbons (Fsp3) is 0.0417. The highest BCUT2D eigenvalue weighted by Crippen LogP contribution is 2.29. The van der Waals surface area contributed by atoms with Crippen LogP contribution < -0.4 is 15.8 Å². The highest BCUT2D eigenvalue weighted by Gasteiger charge is 2.14. The van der Waals surface area contributed by atoms with Gasteiger partial charge in [0.2, 0.25) is 10.0 Å². The number of hydrogen-bond acceptors (Lipinski definition) is 5. The van der Waals surface area contributed by atoms with E-state index in [-0.39, 0.29) is 4.90 Å². The Kier molecular flexibility index (Phi) is 5.77. The fourth-order valence-electron chi connectivity index (χ4n) is 3.70. The molecule has 176 valence electrons. The second-order valence-electron chi connectivity index (χ2n) is 7.87. The maximum absolute atomic E-state index is 12.6. The number of hydrogen-bond donors (Lipinski definition) is 4. The number of benzene rings is 3. The molecule has 3 aromatic carbocycles. The molecule has 0 aliphatic rings. The van der Waals surface area contributed by atoms with Gasteiger partial charge in [-0.05, 0) is 35.9 Å². The van der Waals surface area contributed by atoms with Gasteiger partial charge in [-0.1, -0.05) is 42.5 Å². The van der Waals surface area contributed by atoms with Gasteiger partial charge in [-0.2, -0.15) is 10.2 Å². The zero-order valence-electron chi connectivity index (χ0n) is 18.3. The predicted molar refractivity (Wildman–Crippen MR) is 133 cm³/mol. The summed E-state index contributed by atoms with van der Waals surface area (Å²) in [6, 6.07) is 22.7. The number of H-pyrrole nitrogens is 1. The Morgan fingerprint density at radius 2 is 1.80 bits per heavy atom. The van der Waals surface area contributed by atoms with Crippen LogP contribution in [-0.2, 0) is 16.6 Å². The Balaban J connectivity index is 1.32. The van der Waals surface area contributed by atoms with Crippen molar-refractivity contribution in [2.24, 2.45) is 5.14 Å². The van der Waals surface area contributed by atoms with Crippen LogP contribution in [0.2, 0.25) is 0 Å². The molecule has 0 atom stereocenters. The van der Waals surface area contributed by atoms with Crippen LogP contribution in [-0.4, -0.2) is 34.4 Å². The lowest BCUT2D eigenvalue weighted by Gasteiger charge is -2.07. The molecule has 2 heterocycles. The van der Waals surface area contributed by atoms with Crippen molar-refractivity contribution in [1.29, 1.82) is 0 Å². The molecule has 0 aliphatic heterocycles. The summed E-state index contributed by atoms with van der Waals surface area (Å²) in [6.07, 6.45) is 1.79. The molecule has 0 aliphatic carbocycles. The number of aromatic amines is 1. The molecule has 5 rings (SSSR count). The van der Waals surface area contributed by atoms with Crippen LogP contribution in [0.5, 0.6) is 0 Å². The molecule has 0 radical (unpaired) electrons. The van der Waals surface area contributed by atoms with Crippen molar-refractivity contribution < 1.29 is 13.2 Å². The maximum Gasteiger partial charge on any atom is 0.324 e. The first kappa shape index (κ1) is 22.3. The number of sulfonamides is 1. The van der Waals surface area contributed by atoms with Crippen molar-refractivity contribution in [3.63, 3.8) is 0 Å². The van der Waals surface area contributed by atoms with E-state index >= 15 is 0 Å². The topological polar surface area (TPSA) is 148 Å². The monoisotopic (exact) mass is 487 g/mol. The van der Waals surface area contributed by atoms with Crippen molar-refractivity contribution in [3.05, 3.63) is 90.6 Å². The molecule has 0 saturated carbocycles. The fourth-order valence-corrected chi connectivity index (χ4v) is 4.26. The zero-order valence-corrected chi connectivity index (χ0v) is 19.2. The number of urea groups is 1. The third kappa shape index (κ3) is 5.05. The minimum absolute atomic E-state index is 0.00786. The van der Waals surface area contributed by atoms with E-state index in [0.717, 1.165) is 11.1 Å². The molecule has 2 aromatic heterocycles. The van der Waals surface area contributed by atoms with E-state index in [4.69, 9.17) is 5.14 Å². The van der Waals surface area contributed by atoms with Crippen LogP contribution in [0.4, 0.5) is 16.3 Å². The van der Waals surface area contributed by atoms with E-state index in [1.54, 1.807) is 47.3 Å². The molecule has 0 saturated heterocycles. The Morgan fingerprint density at radius 1 is 0.971 bits per heavy atom. The van der Waals surface area contributed by atoms with E-state index in [0.29, 0.717) is 34.7 Å². The smallest absolute Gasteiger partial charge is 0.308 e. The Labute approximate surface area is 200 Å². The number of amides is 2. The Hall–Kier alpha value is -4.48. The summed E-state index contributed by atoms with van der Waals surface area (Å²) >= 11 is 0. The number of aromatic nitrogens is 4. The molecule has 0 unspecified atom stereocenters. The van der Waals surface area contributed by atoms with Crippen molar-refractivity contribution in [2.75, 3.05) is 10.6 Å². The standard InChI is InChI=1S/C24H21N7O3S/c25-35(33,34)19-8-4-7-17(13-19)23-20-14-18(9-10-21(20)28-29-23)26-24(32)27-22-11-12-31(30-22)15-16-5-2-1-3-6-16/h1-14H,15H2,(H,28,29)(H2,25,33,34)(H2,26,27,30,32). The summed E-state index contributed by atoms with van der Waals surface area (Å²) in [5.74, 6) is 0.420. The number of nitrogens with zero attached hydrogens (tertiary/aromatic N) is 3. The first-order chi connectivity index (χ1) is 16.8. The van der Waals surface area contributed by atoms with E-state index < -0.39 is 16.1 Å². The molecule has 0 fully saturated rings. The predicted octanol–water partition coefficient (Wildman–Crippen LogP) is 3.77. The van der Waals surface area contributed by atoms with Gasteiger partial charge >= 0.3 is 6.03 Å². The van der Waals surface area contributed by atoms with E-state index in [1.165, 1.54) is 12.1 Å². The molecule has 0 bridgehead atoms. The summed E-state index contributed by atoms with van der Waals surface area (Å²) < 4.78 is 25.2. The maximum atomic E-state index is 12.6. The summed E-state index contributed by atoms with van der Waals surface area (Å²) in [5.41, 5.74) is 3.48. The van der Waals surface area contributed by atoms with Gasteiger partial charge in [-0.25, -0.2) is 18.4 Å². The first-order valence-corrected chi connectivity index (χ1v) is 12.2. The van der Waals surface area contributed by atoms with Gasteiger partial charge in [-0.3, -0.25) is 15.1 Å². The van der Waals surface area contributed by atoms with Crippen LogP contribution in [0.15, 0.2) is 90.0 Å². The second-order valence-corrected chi connectivity index (χ2v) is 9.43. The van der Waals surface area contributed by atoms with Crippen LogP contribution in [0.1, 0.15) is 5.56 Å². The van der Waals surface area contributed by atoms with Gasteiger partial charge < -0.3 is 5.32 Å². The number of nitrogens with one attached hydrogen (secondary N) is 3. The van der Waals surface area contributed by atoms with Crippen molar-refractivity contribution in [1.82, 2.24) is 20.0 Å². The van der Waals surface area contributed by atoms with Gasteiger partial charge in [0.05, 0.1) is 17.0 Å². The van der Waals surface area contributed by atoms with E-state index in [2.05, 4.69) is 25.9 Å². The van der Waals surface area contributed by atoms with Crippen molar-refractivity contribution >= 4 is 38.5 Å². The average Bonchev–Trinajstić information content (AvgIpc) is 3.45. The number of fused-ring (bicyclic) bond motifs is 1. The number of rotatable bonds is 6. The van der Waals surface area contributed by atoms with Gasteiger partial charge in [0.1, 0.15) is 5.69 Å². The molecule has 5 aromatic rings. The second kappa shape index (κ2) is 9.05. The van der Waals surface area contributed by atoms with Crippen LogP contribution in [0.25, 0.3) is 22.2 Å². The van der Waals surface area contributed by atoms with Gasteiger partial charge in [-0.15, -0.1) is 0 Å². The molecule has 11 heteroatoms. The highest BCUT2D eigenvalue weighted by atomic mass is 32.2. The third-order valence-corrected chi connectivity index (χ3v) is 6.24. The van der Waals surface area contributed by atoms with Crippen molar-refractivity contribution in [2.45, 2.75) is 11.4 Å². The third-order valence-electron chi connectivity index (χ3n) is 5.33. The van der Waals surface area contributed by atoms with Gasteiger partial charge in [0, 0.05) is 28.9 Å². The zero-order chi connectivity index (χ0) is 24.4. The number of carbonyl (C=O) groups excluding carboxylic acids is 1. The lowest BCUT2D eigenvalue weighted by Crippen LogP contribution is -2.19. The quantitative estimate of drug-likeness (QED) is 0.288. The lowest BCUT2D eigenvalue weighted by atomic mass is 10.1. The molecular weight excluding hydrogens is 466 g/mol. The van der Waals surface area contributed by atoms with E-state index in [1.807, 2.05) is 30.3 Å². The van der Waals surface area contributed by atoms with E-state index in [9.17, 15) is 13.2 Å². The average molecular weight is 488 g/mol. The molecule has 10 nitrogen and oxygen atoms in total. The molecule has 5 N–H and O–H groups in total. The lowest BCUT2D eigenvalue weighted by molar-refractivity contribution is 0.262. The number of nitrogens with two attached hydrogens (primary N) is 1. The minimum Gasteiger partial charge on any atom is -0.308 e. The molecule has 2 amide bonds. The Bertz CT molecular complexity index is 1630.